The molecular weight excluding hydrogens is 242 g/mol. The van der Waals surface area contributed by atoms with Gasteiger partial charge in [0.2, 0.25) is 0 Å². The van der Waals surface area contributed by atoms with E-state index in [9.17, 15) is 4.79 Å². The number of rotatable bonds is 5. The fraction of sp³-hybridized carbons (Fsp3) is 0.929. The summed E-state index contributed by atoms with van der Waals surface area (Å²) in [6.45, 7) is 8.76. The summed E-state index contributed by atoms with van der Waals surface area (Å²) in [5.74, 6) is -0.133. The molecule has 0 aromatic rings. The van der Waals surface area contributed by atoms with Crippen LogP contribution in [0, 0.1) is 0 Å². The number of esters is 1. The van der Waals surface area contributed by atoms with Crippen LogP contribution >= 0.6 is 0 Å². The summed E-state index contributed by atoms with van der Waals surface area (Å²) < 4.78 is 5.12. The lowest BCUT2D eigenvalue weighted by Gasteiger charge is -2.43. The molecule has 2 heterocycles. The lowest BCUT2D eigenvalue weighted by molar-refractivity contribution is -0.146. The summed E-state index contributed by atoms with van der Waals surface area (Å²) in [6, 6.07) is 0.992. The van der Waals surface area contributed by atoms with Crippen molar-refractivity contribution in [3.63, 3.8) is 0 Å². The van der Waals surface area contributed by atoms with E-state index in [-0.39, 0.29) is 12.0 Å². The van der Waals surface area contributed by atoms with Crippen LogP contribution < -0.4 is 5.32 Å². The van der Waals surface area contributed by atoms with Crippen LogP contribution in [0.5, 0.6) is 0 Å². The molecule has 2 saturated heterocycles. The fourth-order valence-electron chi connectivity index (χ4n) is 3.26. The average Bonchev–Trinajstić information content (AvgIpc) is 2.83. The molecule has 2 aliphatic rings. The molecular formula is C14H27N3O2. The summed E-state index contributed by atoms with van der Waals surface area (Å²) in [7, 11) is 1.83. The molecule has 5 nitrogen and oxygen atoms in total. The zero-order chi connectivity index (χ0) is 13.8. The number of hydrogen-bond acceptors (Lipinski definition) is 5. The first kappa shape index (κ1) is 14.8. The van der Waals surface area contributed by atoms with Crippen molar-refractivity contribution in [2.24, 2.45) is 0 Å². The molecule has 2 fully saturated rings. The van der Waals surface area contributed by atoms with Gasteiger partial charge in [0.25, 0.3) is 0 Å². The maximum Gasteiger partial charge on any atom is 0.324 e. The maximum atomic E-state index is 11.9. The van der Waals surface area contributed by atoms with Crippen LogP contribution in [-0.4, -0.2) is 73.7 Å². The van der Waals surface area contributed by atoms with E-state index in [1.807, 2.05) is 14.0 Å². The molecule has 0 bridgehead atoms. The van der Waals surface area contributed by atoms with Gasteiger partial charge < -0.3 is 10.1 Å². The number of carbonyl (C=O) groups excluding carboxylic acids is 1. The minimum Gasteiger partial charge on any atom is -0.465 e. The molecule has 110 valence electrons. The average molecular weight is 269 g/mol. The Labute approximate surface area is 116 Å². The highest BCUT2D eigenvalue weighted by molar-refractivity contribution is 5.76. The van der Waals surface area contributed by atoms with Crippen molar-refractivity contribution in [2.45, 2.75) is 44.8 Å². The van der Waals surface area contributed by atoms with Crippen molar-refractivity contribution in [2.75, 3.05) is 39.8 Å². The van der Waals surface area contributed by atoms with Gasteiger partial charge >= 0.3 is 5.97 Å². The molecule has 0 amide bonds. The van der Waals surface area contributed by atoms with Gasteiger partial charge in [-0.3, -0.25) is 14.6 Å². The lowest BCUT2D eigenvalue weighted by Crippen LogP contribution is -2.58. The Morgan fingerprint density at radius 1 is 1.47 bits per heavy atom. The predicted molar refractivity (Wildman–Crippen MR) is 75.1 cm³/mol. The van der Waals surface area contributed by atoms with Gasteiger partial charge in [0.15, 0.2) is 0 Å². The smallest absolute Gasteiger partial charge is 0.324 e. The minimum atomic E-state index is -0.213. The first-order valence-electron chi connectivity index (χ1n) is 7.47. The van der Waals surface area contributed by atoms with Crippen molar-refractivity contribution in [3.8, 4) is 0 Å². The highest BCUT2D eigenvalue weighted by atomic mass is 16.5. The quantitative estimate of drug-likeness (QED) is 0.728. The van der Waals surface area contributed by atoms with E-state index in [0.29, 0.717) is 18.7 Å². The number of ether oxygens (including phenoxy) is 1. The van der Waals surface area contributed by atoms with E-state index in [1.54, 1.807) is 0 Å². The molecule has 0 radical (unpaired) electrons. The third-order valence-electron chi connectivity index (χ3n) is 4.40. The Morgan fingerprint density at radius 3 is 2.95 bits per heavy atom. The molecule has 0 spiro atoms. The molecule has 2 rings (SSSR count). The van der Waals surface area contributed by atoms with E-state index in [0.717, 1.165) is 19.6 Å². The van der Waals surface area contributed by atoms with E-state index in [2.05, 4.69) is 22.0 Å². The molecule has 0 aromatic carbocycles. The molecule has 0 aromatic heterocycles. The lowest BCUT2D eigenvalue weighted by atomic mass is 10.1. The molecule has 1 N–H and O–H groups in total. The second-order valence-electron chi connectivity index (χ2n) is 5.69. The SMILES string of the molecule is CCOC(=O)C(CN1CC2CCCN2CC1C)NC. The van der Waals surface area contributed by atoms with Crippen molar-refractivity contribution >= 4 is 5.97 Å². The Hall–Kier alpha value is -0.650. The summed E-state index contributed by atoms with van der Waals surface area (Å²) >= 11 is 0. The van der Waals surface area contributed by atoms with Crippen molar-refractivity contribution in [3.05, 3.63) is 0 Å². The number of fused-ring (bicyclic) bond motifs is 1. The van der Waals surface area contributed by atoms with E-state index < -0.39 is 0 Å². The van der Waals surface area contributed by atoms with Crippen LogP contribution in [0.25, 0.3) is 0 Å². The summed E-state index contributed by atoms with van der Waals surface area (Å²) in [6.07, 6.45) is 2.62. The summed E-state index contributed by atoms with van der Waals surface area (Å²) in [4.78, 5) is 16.9. The van der Waals surface area contributed by atoms with E-state index in [1.165, 1.54) is 19.4 Å². The molecule has 0 aliphatic carbocycles. The Kier molecular flexibility index (Phi) is 5.19. The molecule has 19 heavy (non-hydrogen) atoms. The number of likely N-dealkylation sites (N-methyl/N-ethyl adjacent to an activating group) is 1. The topological polar surface area (TPSA) is 44.8 Å². The van der Waals surface area contributed by atoms with Crippen molar-refractivity contribution in [1.82, 2.24) is 15.1 Å². The fourth-order valence-corrected chi connectivity index (χ4v) is 3.26. The van der Waals surface area contributed by atoms with Gasteiger partial charge in [-0.2, -0.15) is 0 Å². The summed E-state index contributed by atoms with van der Waals surface area (Å²) in [5, 5.41) is 3.08. The van der Waals surface area contributed by atoms with Gasteiger partial charge in [-0.25, -0.2) is 0 Å². The van der Waals surface area contributed by atoms with Crippen LogP contribution in [0.15, 0.2) is 0 Å². The van der Waals surface area contributed by atoms with Gasteiger partial charge in [-0.05, 0) is 40.3 Å². The predicted octanol–water partition coefficient (Wildman–Crippen LogP) is 0.306. The van der Waals surface area contributed by atoms with Crippen LogP contribution in [-0.2, 0) is 9.53 Å². The Bertz CT molecular complexity index is 311. The van der Waals surface area contributed by atoms with Crippen LogP contribution in [0.3, 0.4) is 0 Å². The number of nitrogens with zero attached hydrogens (tertiary/aromatic N) is 2. The minimum absolute atomic E-state index is 0.133. The molecule has 2 aliphatic heterocycles. The third kappa shape index (κ3) is 3.46. The first-order valence-corrected chi connectivity index (χ1v) is 7.47. The van der Waals surface area contributed by atoms with Crippen LogP contribution in [0.1, 0.15) is 26.7 Å². The van der Waals surface area contributed by atoms with Gasteiger partial charge in [0.1, 0.15) is 6.04 Å². The van der Waals surface area contributed by atoms with Gasteiger partial charge in [-0.1, -0.05) is 0 Å². The standard InChI is InChI=1S/C14H27N3O2/c1-4-19-14(18)13(15-3)10-17-9-12-6-5-7-16(12)8-11(17)2/h11-13,15H,4-10H2,1-3H3. The summed E-state index contributed by atoms with van der Waals surface area (Å²) in [5.41, 5.74) is 0. The van der Waals surface area contributed by atoms with Crippen LogP contribution in [0.4, 0.5) is 0 Å². The Morgan fingerprint density at radius 2 is 2.26 bits per heavy atom. The third-order valence-corrected chi connectivity index (χ3v) is 4.40. The van der Waals surface area contributed by atoms with Crippen LogP contribution in [0.2, 0.25) is 0 Å². The highest BCUT2D eigenvalue weighted by Gasteiger charge is 2.35. The molecule has 5 heteroatoms. The normalized spacial score (nSPS) is 30.1. The van der Waals surface area contributed by atoms with Crippen molar-refractivity contribution < 1.29 is 9.53 Å². The molecule has 0 saturated carbocycles. The number of carbonyl (C=O) groups is 1. The second kappa shape index (κ2) is 6.68. The number of piperazine rings is 1. The monoisotopic (exact) mass is 269 g/mol. The first-order chi connectivity index (χ1) is 9.15. The van der Waals surface area contributed by atoms with Gasteiger partial charge in [-0.15, -0.1) is 0 Å². The van der Waals surface area contributed by atoms with E-state index >= 15 is 0 Å². The van der Waals surface area contributed by atoms with Gasteiger partial charge in [0.05, 0.1) is 6.61 Å². The number of nitrogens with one attached hydrogen (secondary N) is 1. The largest absolute Gasteiger partial charge is 0.465 e. The maximum absolute atomic E-state index is 11.9. The van der Waals surface area contributed by atoms with E-state index in [4.69, 9.17) is 4.74 Å². The zero-order valence-corrected chi connectivity index (χ0v) is 12.4. The highest BCUT2D eigenvalue weighted by Crippen LogP contribution is 2.24. The second-order valence-corrected chi connectivity index (χ2v) is 5.69. The van der Waals surface area contributed by atoms with Crippen molar-refractivity contribution in [1.29, 1.82) is 0 Å². The number of hydrogen-bond donors (Lipinski definition) is 1. The molecule has 3 atom stereocenters. The zero-order valence-electron chi connectivity index (χ0n) is 12.4. The Balaban J connectivity index is 1.91. The molecule has 3 unspecified atom stereocenters. The van der Waals surface area contributed by atoms with Gasteiger partial charge in [0, 0.05) is 31.7 Å².